The van der Waals surface area contributed by atoms with Gasteiger partial charge in [-0.3, -0.25) is 0 Å². The first kappa shape index (κ1) is 22.0. The average molecular weight is 425 g/mol. The van der Waals surface area contributed by atoms with Crippen LogP contribution in [-0.2, 0) is 17.3 Å². The topological polar surface area (TPSA) is 45.0 Å². The van der Waals surface area contributed by atoms with Crippen molar-refractivity contribution in [3.8, 4) is 16.9 Å². The SMILES string of the molecule is CC(C)(C)c1cc(/C=N/N=C/c2ccc3c(c2)Cc2ccccc2-3)c(O)c(C(C)(C)C)c1. The molecule has 0 saturated heterocycles. The van der Waals surface area contributed by atoms with Gasteiger partial charge in [0.25, 0.3) is 0 Å². The summed E-state index contributed by atoms with van der Waals surface area (Å²) in [6.07, 6.45) is 4.38. The molecule has 1 aliphatic rings. The van der Waals surface area contributed by atoms with E-state index in [-0.39, 0.29) is 16.6 Å². The number of hydrogen-bond acceptors (Lipinski definition) is 3. The van der Waals surface area contributed by atoms with Crippen molar-refractivity contribution in [2.45, 2.75) is 58.8 Å². The largest absolute Gasteiger partial charge is 0.507 e. The minimum absolute atomic E-state index is 0.0262. The number of hydrogen-bond donors (Lipinski definition) is 1. The number of phenolic OH excluding ortho intramolecular Hbond substituents is 1. The van der Waals surface area contributed by atoms with Gasteiger partial charge in [0.15, 0.2) is 0 Å². The molecule has 0 unspecified atom stereocenters. The molecule has 0 bridgehead atoms. The molecule has 164 valence electrons. The van der Waals surface area contributed by atoms with Crippen molar-refractivity contribution in [1.82, 2.24) is 0 Å². The molecule has 4 rings (SSSR count). The highest BCUT2D eigenvalue weighted by atomic mass is 16.3. The van der Waals surface area contributed by atoms with Crippen LogP contribution in [0.3, 0.4) is 0 Å². The quantitative estimate of drug-likeness (QED) is 0.279. The Labute approximate surface area is 191 Å². The lowest BCUT2D eigenvalue weighted by Gasteiger charge is -2.26. The molecule has 0 atom stereocenters. The Morgan fingerprint density at radius 1 is 0.750 bits per heavy atom. The molecule has 1 N–H and O–H groups in total. The van der Waals surface area contributed by atoms with Crippen molar-refractivity contribution in [3.63, 3.8) is 0 Å². The van der Waals surface area contributed by atoms with Gasteiger partial charge in [-0.15, -0.1) is 0 Å². The van der Waals surface area contributed by atoms with Gasteiger partial charge < -0.3 is 5.11 Å². The highest BCUT2D eigenvalue weighted by Gasteiger charge is 2.24. The second-order valence-corrected chi connectivity index (χ2v) is 10.7. The van der Waals surface area contributed by atoms with Crippen molar-refractivity contribution in [2.24, 2.45) is 10.2 Å². The Balaban J connectivity index is 1.59. The first-order valence-electron chi connectivity index (χ1n) is 11.2. The summed E-state index contributed by atoms with van der Waals surface area (Å²) in [6, 6.07) is 19.1. The third-order valence-corrected chi connectivity index (χ3v) is 6.10. The van der Waals surface area contributed by atoms with Crippen molar-refractivity contribution >= 4 is 12.4 Å². The van der Waals surface area contributed by atoms with Gasteiger partial charge in [-0.05, 0) is 62.8 Å². The molecule has 0 amide bonds. The molecule has 1 aliphatic carbocycles. The lowest BCUT2D eigenvalue weighted by atomic mass is 9.79. The summed E-state index contributed by atoms with van der Waals surface area (Å²) < 4.78 is 0. The van der Waals surface area contributed by atoms with E-state index in [1.165, 1.54) is 27.8 Å². The maximum absolute atomic E-state index is 10.9. The molecule has 3 nitrogen and oxygen atoms in total. The molecule has 0 radical (unpaired) electrons. The highest BCUT2D eigenvalue weighted by molar-refractivity contribution is 5.87. The molecule has 0 saturated carbocycles. The summed E-state index contributed by atoms with van der Waals surface area (Å²) in [6.45, 7) is 12.9. The molecular weight excluding hydrogens is 392 g/mol. The van der Waals surface area contributed by atoms with E-state index in [1.807, 2.05) is 6.07 Å². The average Bonchev–Trinajstić information content (AvgIpc) is 3.08. The van der Waals surface area contributed by atoms with Gasteiger partial charge in [0.1, 0.15) is 5.75 Å². The maximum Gasteiger partial charge on any atom is 0.128 e. The summed E-state index contributed by atoms with van der Waals surface area (Å²) in [4.78, 5) is 0. The lowest BCUT2D eigenvalue weighted by Crippen LogP contribution is -2.17. The van der Waals surface area contributed by atoms with Gasteiger partial charge in [0.2, 0.25) is 0 Å². The fraction of sp³-hybridized carbons (Fsp3) is 0.310. The molecule has 0 aromatic heterocycles. The fourth-order valence-corrected chi connectivity index (χ4v) is 4.20. The normalized spacial score (nSPS) is 13.7. The van der Waals surface area contributed by atoms with E-state index in [0.29, 0.717) is 5.56 Å². The number of rotatable bonds is 3. The van der Waals surface area contributed by atoms with Crippen molar-refractivity contribution in [2.75, 3.05) is 0 Å². The highest BCUT2D eigenvalue weighted by Crippen LogP contribution is 2.38. The number of nitrogens with zero attached hydrogens (tertiary/aromatic N) is 2. The van der Waals surface area contributed by atoms with Gasteiger partial charge in [0, 0.05) is 11.1 Å². The van der Waals surface area contributed by atoms with Gasteiger partial charge in [0.05, 0.1) is 12.4 Å². The van der Waals surface area contributed by atoms with Crippen molar-refractivity contribution in [1.29, 1.82) is 0 Å². The van der Waals surface area contributed by atoms with Crippen LogP contribution in [-0.4, -0.2) is 17.5 Å². The smallest absolute Gasteiger partial charge is 0.128 e. The Hall–Kier alpha value is -3.20. The van der Waals surface area contributed by atoms with Gasteiger partial charge in [-0.25, -0.2) is 0 Å². The van der Waals surface area contributed by atoms with E-state index in [2.05, 4.69) is 100 Å². The van der Waals surface area contributed by atoms with Crippen molar-refractivity contribution in [3.05, 3.63) is 88.0 Å². The third-order valence-electron chi connectivity index (χ3n) is 6.10. The molecule has 32 heavy (non-hydrogen) atoms. The number of fused-ring (bicyclic) bond motifs is 3. The third kappa shape index (κ3) is 4.38. The van der Waals surface area contributed by atoms with Crippen molar-refractivity contribution < 1.29 is 5.11 Å². The summed E-state index contributed by atoms with van der Waals surface area (Å²) in [5.41, 5.74) is 8.95. The Bertz CT molecular complexity index is 1220. The standard InChI is InChI=1S/C29H32N2O/c1-28(2,3)23-15-22(27(32)26(16-23)29(4,5)6)18-31-30-17-19-11-12-25-21(13-19)14-20-9-7-8-10-24(20)25/h7-13,15-18,32H,14H2,1-6H3/b30-17+,31-18+. The minimum Gasteiger partial charge on any atom is -0.507 e. The lowest BCUT2D eigenvalue weighted by molar-refractivity contribution is 0.444. The summed E-state index contributed by atoms with van der Waals surface area (Å²) >= 11 is 0. The van der Waals surface area contributed by atoms with Crippen LogP contribution in [0.2, 0.25) is 0 Å². The first-order valence-corrected chi connectivity index (χ1v) is 11.2. The van der Waals surface area contributed by atoms with Gasteiger partial charge in [-0.2, -0.15) is 10.2 Å². The molecule has 0 aliphatic heterocycles. The predicted molar refractivity (Wildman–Crippen MR) is 135 cm³/mol. The van der Waals surface area contributed by atoms with Crippen LogP contribution >= 0.6 is 0 Å². The van der Waals surface area contributed by atoms with Crippen LogP contribution in [0.1, 0.15) is 74.9 Å². The molecule has 0 fully saturated rings. The maximum atomic E-state index is 10.9. The summed E-state index contributed by atoms with van der Waals surface area (Å²) in [7, 11) is 0. The number of benzene rings is 3. The zero-order chi connectivity index (χ0) is 23.1. The Morgan fingerprint density at radius 2 is 1.44 bits per heavy atom. The van der Waals surface area contributed by atoms with Crippen LogP contribution in [0.5, 0.6) is 5.75 Å². The van der Waals surface area contributed by atoms with Gasteiger partial charge >= 0.3 is 0 Å². The fourth-order valence-electron chi connectivity index (χ4n) is 4.20. The monoisotopic (exact) mass is 424 g/mol. The predicted octanol–water partition coefficient (Wildman–Crippen LogP) is 7.01. The summed E-state index contributed by atoms with van der Waals surface area (Å²) in [5, 5.41) is 19.4. The number of phenols is 1. The molecule has 3 aromatic carbocycles. The molecular formula is C29H32N2O. The molecule has 0 heterocycles. The molecule has 0 spiro atoms. The van der Waals surface area contributed by atoms with Crippen LogP contribution < -0.4 is 0 Å². The Kier molecular flexibility index (Phi) is 5.54. The Morgan fingerprint density at radius 3 is 2.16 bits per heavy atom. The molecule has 3 aromatic rings. The van der Waals surface area contributed by atoms with E-state index >= 15 is 0 Å². The van der Waals surface area contributed by atoms with E-state index in [1.54, 1.807) is 12.4 Å². The van der Waals surface area contributed by atoms with E-state index in [0.717, 1.165) is 17.5 Å². The van der Waals surface area contributed by atoms with E-state index in [9.17, 15) is 5.11 Å². The molecule has 3 heteroatoms. The van der Waals surface area contributed by atoms with E-state index < -0.39 is 0 Å². The second kappa shape index (κ2) is 8.05. The number of aromatic hydroxyl groups is 1. The van der Waals surface area contributed by atoms with Crippen LogP contribution in [0.25, 0.3) is 11.1 Å². The van der Waals surface area contributed by atoms with Crippen LogP contribution in [0.4, 0.5) is 0 Å². The minimum atomic E-state index is -0.167. The van der Waals surface area contributed by atoms with Crippen LogP contribution in [0.15, 0.2) is 64.8 Å². The second-order valence-electron chi connectivity index (χ2n) is 10.7. The first-order chi connectivity index (χ1) is 15.0. The van der Waals surface area contributed by atoms with Crippen LogP contribution in [0, 0.1) is 0 Å². The zero-order valence-electron chi connectivity index (χ0n) is 19.9. The zero-order valence-corrected chi connectivity index (χ0v) is 19.9. The van der Waals surface area contributed by atoms with Gasteiger partial charge in [-0.1, -0.05) is 84.0 Å². The van der Waals surface area contributed by atoms with E-state index in [4.69, 9.17) is 0 Å². The summed E-state index contributed by atoms with van der Waals surface area (Å²) in [5.74, 6) is 0.278.